The normalized spacial score (nSPS) is 20.4. The van der Waals surface area contributed by atoms with Crippen LogP contribution in [0.15, 0.2) is 18.6 Å². The summed E-state index contributed by atoms with van der Waals surface area (Å²) in [6.07, 6.45) is 9.36. The van der Waals surface area contributed by atoms with Gasteiger partial charge >= 0.3 is 0 Å². The van der Waals surface area contributed by atoms with Crippen molar-refractivity contribution < 1.29 is 9.13 Å². The van der Waals surface area contributed by atoms with E-state index in [0.717, 1.165) is 30.6 Å². The van der Waals surface area contributed by atoms with Gasteiger partial charge in [-0.3, -0.25) is 4.68 Å². The van der Waals surface area contributed by atoms with Gasteiger partial charge in [0.25, 0.3) is 5.88 Å². The van der Waals surface area contributed by atoms with Gasteiger partial charge in [-0.25, -0.2) is 4.98 Å². The molecule has 6 nitrogen and oxygen atoms in total. The predicted molar refractivity (Wildman–Crippen MR) is 108 cm³/mol. The van der Waals surface area contributed by atoms with Gasteiger partial charge in [0.05, 0.1) is 24.7 Å². The van der Waals surface area contributed by atoms with E-state index in [-0.39, 0.29) is 11.9 Å². The third kappa shape index (κ3) is 5.20. The van der Waals surface area contributed by atoms with E-state index in [1.54, 1.807) is 6.20 Å². The molecule has 0 spiro atoms. The lowest BCUT2D eigenvalue weighted by Gasteiger charge is -2.36. The zero-order chi connectivity index (χ0) is 20.3. The standard InChI is InChI=1S/C21H32FN5O/c1-14(2)27-12-17(10-24-27)25-20-23-11-18(22)19(26-20)28-13-15-6-8-16(9-7-15)21(3,4)5/h10-12,14-16H,6-9,13H2,1-5H3,(H,23,25,26). The Balaban J connectivity index is 1.56. The number of aromatic nitrogens is 4. The quantitative estimate of drug-likeness (QED) is 0.720. The van der Waals surface area contributed by atoms with Gasteiger partial charge in [-0.1, -0.05) is 20.8 Å². The van der Waals surface area contributed by atoms with Gasteiger partial charge in [0, 0.05) is 12.2 Å². The van der Waals surface area contributed by atoms with Crippen LogP contribution in [0.5, 0.6) is 5.88 Å². The first-order valence-electron chi connectivity index (χ1n) is 10.2. The summed E-state index contributed by atoms with van der Waals surface area (Å²) in [4.78, 5) is 8.21. The van der Waals surface area contributed by atoms with Crippen molar-refractivity contribution in [1.82, 2.24) is 19.7 Å². The second-order valence-corrected chi connectivity index (χ2v) is 9.17. The smallest absolute Gasteiger partial charge is 0.255 e. The molecule has 1 N–H and O–H groups in total. The maximum atomic E-state index is 14.1. The van der Waals surface area contributed by atoms with Crippen molar-refractivity contribution >= 4 is 11.6 Å². The van der Waals surface area contributed by atoms with Crippen molar-refractivity contribution in [3.05, 3.63) is 24.4 Å². The van der Waals surface area contributed by atoms with Gasteiger partial charge < -0.3 is 10.1 Å². The molecule has 1 saturated carbocycles. The zero-order valence-electron chi connectivity index (χ0n) is 17.6. The Labute approximate surface area is 166 Å². The Morgan fingerprint density at radius 2 is 1.93 bits per heavy atom. The number of rotatable bonds is 6. The van der Waals surface area contributed by atoms with Gasteiger partial charge in [0.2, 0.25) is 11.8 Å². The van der Waals surface area contributed by atoms with Gasteiger partial charge in [-0.05, 0) is 56.8 Å². The number of hydrogen-bond donors (Lipinski definition) is 1. The van der Waals surface area contributed by atoms with Crippen LogP contribution in [0.2, 0.25) is 0 Å². The minimum atomic E-state index is -0.535. The molecule has 1 aliphatic carbocycles. The molecule has 2 heterocycles. The van der Waals surface area contributed by atoms with Crippen molar-refractivity contribution in [2.45, 2.75) is 66.3 Å². The van der Waals surface area contributed by atoms with E-state index in [2.05, 4.69) is 41.2 Å². The van der Waals surface area contributed by atoms with Crippen LogP contribution in [-0.2, 0) is 0 Å². The van der Waals surface area contributed by atoms with Crippen LogP contribution < -0.4 is 10.1 Å². The largest absolute Gasteiger partial charge is 0.475 e. The lowest BCUT2D eigenvalue weighted by molar-refractivity contribution is 0.118. The van der Waals surface area contributed by atoms with Crippen molar-refractivity contribution in [2.24, 2.45) is 17.3 Å². The average molecular weight is 390 g/mol. The lowest BCUT2D eigenvalue weighted by atomic mass is 9.70. The van der Waals surface area contributed by atoms with Crippen LogP contribution in [0.3, 0.4) is 0 Å². The second-order valence-electron chi connectivity index (χ2n) is 9.17. The van der Waals surface area contributed by atoms with E-state index < -0.39 is 5.82 Å². The number of nitrogens with zero attached hydrogens (tertiary/aromatic N) is 4. The number of halogens is 1. The van der Waals surface area contributed by atoms with Crippen LogP contribution in [0, 0.1) is 23.1 Å². The first-order valence-corrected chi connectivity index (χ1v) is 10.2. The van der Waals surface area contributed by atoms with Crippen LogP contribution >= 0.6 is 0 Å². The minimum absolute atomic E-state index is 0.00620. The fraction of sp³-hybridized carbons (Fsp3) is 0.667. The summed E-state index contributed by atoms with van der Waals surface area (Å²) in [5, 5.41) is 7.32. The van der Waals surface area contributed by atoms with Crippen LogP contribution in [0.1, 0.15) is 66.3 Å². The summed E-state index contributed by atoms with van der Waals surface area (Å²) in [5.41, 5.74) is 1.11. The molecule has 28 heavy (non-hydrogen) atoms. The van der Waals surface area contributed by atoms with E-state index in [1.165, 1.54) is 12.8 Å². The van der Waals surface area contributed by atoms with Crippen LogP contribution in [-0.4, -0.2) is 26.4 Å². The number of ether oxygens (including phenoxy) is 1. The lowest BCUT2D eigenvalue weighted by Crippen LogP contribution is -2.28. The van der Waals surface area contributed by atoms with Gasteiger partial charge in [-0.15, -0.1) is 0 Å². The molecule has 0 aromatic carbocycles. The Hall–Kier alpha value is -2.18. The Kier molecular flexibility index (Phi) is 6.20. The van der Waals surface area contributed by atoms with E-state index in [0.29, 0.717) is 23.9 Å². The molecular formula is C21H32FN5O. The van der Waals surface area contributed by atoms with Crippen molar-refractivity contribution in [3.63, 3.8) is 0 Å². The molecule has 3 rings (SSSR count). The molecule has 154 valence electrons. The highest BCUT2D eigenvalue weighted by molar-refractivity contribution is 5.50. The summed E-state index contributed by atoms with van der Waals surface area (Å²) in [6.45, 7) is 11.5. The Bertz CT molecular complexity index is 775. The summed E-state index contributed by atoms with van der Waals surface area (Å²) in [7, 11) is 0. The molecular weight excluding hydrogens is 357 g/mol. The minimum Gasteiger partial charge on any atom is -0.475 e. The molecule has 0 atom stereocenters. The average Bonchev–Trinajstić information content (AvgIpc) is 3.10. The van der Waals surface area contributed by atoms with Crippen molar-refractivity contribution in [3.8, 4) is 5.88 Å². The van der Waals surface area contributed by atoms with Crippen molar-refractivity contribution in [2.75, 3.05) is 11.9 Å². The fourth-order valence-corrected chi connectivity index (χ4v) is 3.72. The zero-order valence-corrected chi connectivity index (χ0v) is 17.6. The molecule has 0 bridgehead atoms. The van der Waals surface area contributed by atoms with Crippen LogP contribution in [0.25, 0.3) is 0 Å². The number of hydrogen-bond acceptors (Lipinski definition) is 5. The maximum Gasteiger partial charge on any atom is 0.255 e. The van der Waals surface area contributed by atoms with Crippen molar-refractivity contribution in [1.29, 1.82) is 0 Å². The SMILES string of the molecule is CC(C)n1cc(Nc2ncc(F)c(OCC3CCC(C(C)(C)C)CC3)n2)cn1. The number of anilines is 2. The van der Waals surface area contributed by atoms with E-state index in [1.807, 2.05) is 24.7 Å². The van der Waals surface area contributed by atoms with E-state index in [4.69, 9.17) is 4.74 Å². The molecule has 2 aromatic heterocycles. The summed E-state index contributed by atoms with van der Waals surface area (Å²) in [5.74, 6) is 0.977. The van der Waals surface area contributed by atoms with Crippen LogP contribution in [0.4, 0.5) is 16.0 Å². The summed E-state index contributed by atoms with van der Waals surface area (Å²) >= 11 is 0. The highest BCUT2D eigenvalue weighted by atomic mass is 19.1. The molecule has 0 amide bonds. The molecule has 1 fully saturated rings. The van der Waals surface area contributed by atoms with E-state index in [9.17, 15) is 4.39 Å². The first kappa shape index (κ1) is 20.6. The highest BCUT2D eigenvalue weighted by Gasteiger charge is 2.30. The van der Waals surface area contributed by atoms with E-state index >= 15 is 0 Å². The van der Waals surface area contributed by atoms with Gasteiger partial charge in [0.15, 0.2) is 0 Å². The summed E-state index contributed by atoms with van der Waals surface area (Å²) < 4.78 is 21.7. The van der Waals surface area contributed by atoms with Gasteiger partial charge in [0.1, 0.15) is 0 Å². The highest BCUT2D eigenvalue weighted by Crippen LogP contribution is 2.39. The third-order valence-corrected chi connectivity index (χ3v) is 5.63. The third-order valence-electron chi connectivity index (χ3n) is 5.63. The Morgan fingerprint density at radius 1 is 1.21 bits per heavy atom. The molecule has 0 radical (unpaired) electrons. The predicted octanol–water partition coefficient (Wildman–Crippen LogP) is 5.37. The molecule has 7 heteroatoms. The maximum absolute atomic E-state index is 14.1. The fourth-order valence-electron chi connectivity index (χ4n) is 3.72. The molecule has 0 aliphatic heterocycles. The monoisotopic (exact) mass is 389 g/mol. The topological polar surface area (TPSA) is 64.9 Å². The summed E-state index contributed by atoms with van der Waals surface area (Å²) in [6, 6.07) is 0.261. The Morgan fingerprint density at radius 3 is 2.54 bits per heavy atom. The molecule has 0 saturated heterocycles. The first-order chi connectivity index (χ1) is 13.2. The molecule has 1 aliphatic rings. The van der Waals surface area contributed by atoms with Gasteiger partial charge in [-0.2, -0.15) is 14.5 Å². The molecule has 0 unspecified atom stereocenters. The second kappa shape index (κ2) is 8.45. The molecule has 2 aromatic rings. The number of nitrogens with one attached hydrogen (secondary N) is 1.